The topological polar surface area (TPSA) is 12.4 Å². The molecule has 1 aromatic rings. The number of nitrogens with zero attached hydrogens (tertiary/aromatic N) is 1. The first-order valence-corrected chi connectivity index (χ1v) is 3.72. The molecule has 0 heterocycles. The third-order valence-corrected chi connectivity index (χ3v) is 1.58. The number of hydrogen-bond acceptors (Lipinski definition) is 1. The lowest BCUT2D eigenvalue weighted by molar-refractivity contribution is 1.49. The second kappa shape index (κ2) is 6.20. The maximum Gasteiger partial charge on any atom is 0.0592 e. The van der Waals surface area contributed by atoms with Crippen molar-refractivity contribution in [1.82, 2.24) is 0 Å². The van der Waals surface area contributed by atoms with Crippen molar-refractivity contribution < 1.29 is 0 Å². The van der Waals surface area contributed by atoms with Gasteiger partial charge in [-0.15, -0.1) is 0 Å². The number of hydrogen-bond donors (Lipinski definition) is 0. The fourth-order valence-electron chi connectivity index (χ4n) is 0.439. The Labute approximate surface area is 76.7 Å². The summed E-state index contributed by atoms with van der Waals surface area (Å²) in [7, 11) is 1.64. The van der Waals surface area contributed by atoms with Gasteiger partial charge in [0, 0.05) is 7.05 Å². The van der Waals surface area contributed by atoms with Crippen LogP contribution in [0.3, 0.4) is 0 Å². The van der Waals surface area contributed by atoms with Crippen LogP contribution in [0.25, 0.3) is 0 Å². The first-order valence-electron chi connectivity index (χ1n) is 2.97. The Morgan fingerprint density at radius 1 is 1.18 bits per heavy atom. The summed E-state index contributed by atoms with van der Waals surface area (Å²) in [5, 5.41) is 1.21. The van der Waals surface area contributed by atoms with E-state index in [0.29, 0.717) is 10.0 Å². The number of halogens is 2. The van der Waals surface area contributed by atoms with Crippen LogP contribution in [0.4, 0.5) is 0 Å². The van der Waals surface area contributed by atoms with Crippen LogP contribution in [0.2, 0.25) is 10.0 Å². The Morgan fingerprint density at radius 3 is 1.64 bits per heavy atom. The molecule has 1 nitrogen and oxygen atoms in total. The third kappa shape index (κ3) is 4.82. The Bertz CT molecular complexity index is 202. The van der Waals surface area contributed by atoms with E-state index in [1.54, 1.807) is 19.2 Å². The zero-order chi connectivity index (χ0) is 8.69. The summed E-state index contributed by atoms with van der Waals surface area (Å²) in [6.07, 6.45) is 0. The van der Waals surface area contributed by atoms with E-state index in [1.165, 1.54) is 0 Å². The summed E-state index contributed by atoms with van der Waals surface area (Å²) >= 11 is 11.2. The van der Waals surface area contributed by atoms with E-state index in [0.717, 1.165) is 0 Å². The highest BCUT2D eigenvalue weighted by Gasteiger charge is 1.89. The number of rotatable bonds is 0. The van der Waals surface area contributed by atoms with Crippen LogP contribution in [0, 0.1) is 0 Å². The lowest BCUT2D eigenvalue weighted by Crippen LogP contribution is -1.62. The molecule has 0 aliphatic carbocycles. The molecule has 0 aliphatic heterocycles. The molecule has 0 amide bonds. The molecule has 0 bridgehead atoms. The zero-order valence-corrected chi connectivity index (χ0v) is 7.73. The van der Waals surface area contributed by atoms with Crippen LogP contribution >= 0.6 is 23.2 Å². The first kappa shape index (κ1) is 10.5. The standard InChI is InChI=1S/C6H4Cl2.C2H5N/c7-5-3-1-2-4-6(5)8;1-3-2/h1-4H;1H2,2H3. The van der Waals surface area contributed by atoms with Crippen LogP contribution in [0.5, 0.6) is 0 Å². The third-order valence-electron chi connectivity index (χ3n) is 0.824. The smallest absolute Gasteiger partial charge is 0.0592 e. The molecular weight excluding hydrogens is 181 g/mol. The summed E-state index contributed by atoms with van der Waals surface area (Å²) in [5.41, 5.74) is 0. The van der Waals surface area contributed by atoms with Gasteiger partial charge in [-0.3, -0.25) is 0 Å². The molecule has 0 spiro atoms. The van der Waals surface area contributed by atoms with Gasteiger partial charge in [0.25, 0.3) is 0 Å². The van der Waals surface area contributed by atoms with Crippen LogP contribution in [-0.4, -0.2) is 13.8 Å². The number of aliphatic imine (C=N–C) groups is 1. The van der Waals surface area contributed by atoms with Gasteiger partial charge >= 0.3 is 0 Å². The molecule has 0 saturated carbocycles. The first-order chi connectivity index (χ1) is 5.22. The SMILES string of the molecule is C=NC.Clc1ccccc1Cl. The van der Waals surface area contributed by atoms with E-state index >= 15 is 0 Å². The van der Waals surface area contributed by atoms with Crippen molar-refractivity contribution in [2.75, 3.05) is 7.05 Å². The highest BCUT2D eigenvalue weighted by molar-refractivity contribution is 6.41. The minimum atomic E-state index is 0.606. The maximum absolute atomic E-state index is 5.58. The highest BCUT2D eigenvalue weighted by atomic mass is 35.5. The maximum atomic E-state index is 5.58. The quantitative estimate of drug-likeness (QED) is 0.556. The van der Waals surface area contributed by atoms with E-state index in [-0.39, 0.29) is 0 Å². The van der Waals surface area contributed by atoms with Gasteiger partial charge in [-0.25, -0.2) is 0 Å². The molecule has 0 aromatic heterocycles. The second-order valence-corrected chi connectivity index (χ2v) is 2.54. The Balaban J connectivity index is 0.000000292. The predicted octanol–water partition coefficient (Wildman–Crippen LogP) is 3.31. The van der Waals surface area contributed by atoms with Gasteiger partial charge in [-0.2, -0.15) is 0 Å². The largest absolute Gasteiger partial charge is 0.304 e. The minimum absolute atomic E-state index is 0.606. The highest BCUT2D eigenvalue weighted by Crippen LogP contribution is 2.19. The van der Waals surface area contributed by atoms with E-state index in [2.05, 4.69) is 11.7 Å². The van der Waals surface area contributed by atoms with Crippen molar-refractivity contribution in [1.29, 1.82) is 0 Å². The van der Waals surface area contributed by atoms with Gasteiger partial charge in [0.15, 0.2) is 0 Å². The van der Waals surface area contributed by atoms with Crippen molar-refractivity contribution in [2.24, 2.45) is 4.99 Å². The molecule has 1 rings (SSSR count). The van der Waals surface area contributed by atoms with Crippen molar-refractivity contribution in [3.05, 3.63) is 34.3 Å². The van der Waals surface area contributed by atoms with Gasteiger partial charge in [-0.05, 0) is 18.9 Å². The van der Waals surface area contributed by atoms with Crippen molar-refractivity contribution in [3.63, 3.8) is 0 Å². The van der Waals surface area contributed by atoms with Crippen LogP contribution < -0.4 is 0 Å². The molecule has 11 heavy (non-hydrogen) atoms. The summed E-state index contributed by atoms with van der Waals surface area (Å²) in [6, 6.07) is 7.19. The van der Waals surface area contributed by atoms with Gasteiger partial charge in [-0.1, -0.05) is 35.3 Å². The van der Waals surface area contributed by atoms with Gasteiger partial charge in [0.05, 0.1) is 10.0 Å². The lowest BCUT2D eigenvalue weighted by Gasteiger charge is -1.88. The van der Waals surface area contributed by atoms with Crippen LogP contribution in [-0.2, 0) is 0 Å². The predicted molar refractivity (Wildman–Crippen MR) is 51.9 cm³/mol. The fraction of sp³-hybridized carbons (Fsp3) is 0.125. The minimum Gasteiger partial charge on any atom is -0.304 e. The molecular formula is C8H9Cl2N. The van der Waals surface area contributed by atoms with Gasteiger partial charge < -0.3 is 4.99 Å². The van der Waals surface area contributed by atoms with Crippen molar-refractivity contribution >= 4 is 29.9 Å². The monoisotopic (exact) mass is 189 g/mol. The summed E-state index contributed by atoms with van der Waals surface area (Å²) in [6.45, 7) is 3.11. The van der Waals surface area contributed by atoms with E-state index in [1.807, 2.05) is 12.1 Å². The average molecular weight is 190 g/mol. The molecule has 0 unspecified atom stereocenters. The molecule has 3 heteroatoms. The van der Waals surface area contributed by atoms with Crippen LogP contribution in [0.1, 0.15) is 0 Å². The Hall–Kier alpha value is -0.530. The molecule has 0 fully saturated rings. The van der Waals surface area contributed by atoms with Crippen molar-refractivity contribution in [2.45, 2.75) is 0 Å². The molecule has 60 valence electrons. The average Bonchev–Trinajstić information content (AvgIpc) is 1.97. The summed E-state index contributed by atoms with van der Waals surface area (Å²) in [4.78, 5) is 3.25. The Morgan fingerprint density at radius 2 is 1.45 bits per heavy atom. The summed E-state index contributed by atoms with van der Waals surface area (Å²) in [5.74, 6) is 0. The Kier molecular flexibility index (Phi) is 5.90. The second-order valence-electron chi connectivity index (χ2n) is 1.73. The van der Waals surface area contributed by atoms with Crippen molar-refractivity contribution in [3.8, 4) is 0 Å². The lowest BCUT2D eigenvalue weighted by atomic mass is 10.4. The summed E-state index contributed by atoms with van der Waals surface area (Å²) < 4.78 is 0. The molecule has 0 saturated heterocycles. The fourth-order valence-corrected chi connectivity index (χ4v) is 0.711. The molecule has 0 atom stereocenters. The normalized spacial score (nSPS) is 7.91. The zero-order valence-electron chi connectivity index (χ0n) is 6.22. The van der Waals surface area contributed by atoms with Crippen LogP contribution in [0.15, 0.2) is 29.3 Å². The van der Waals surface area contributed by atoms with E-state index in [9.17, 15) is 0 Å². The van der Waals surface area contributed by atoms with Gasteiger partial charge in [0.1, 0.15) is 0 Å². The molecule has 0 N–H and O–H groups in total. The number of benzene rings is 1. The molecule has 0 aliphatic rings. The van der Waals surface area contributed by atoms with E-state index < -0.39 is 0 Å². The molecule has 1 aromatic carbocycles. The van der Waals surface area contributed by atoms with E-state index in [4.69, 9.17) is 23.2 Å². The molecule has 0 radical (unpaired) electrons. The van der Waals surface area contributed by atoms with Gasteiger partial charge in [0.2, 0.25) is 0 Å².